The topological polar surface area (TPSA) is 158 Å². The summed E-state index contributed by atoms with van der Waals surface area (Å²) in [6.45, 7) is 4.80. The van der Waals surface area contributed by atoms with Crippen molar-refractivity contribution in [3.8, 4) is 0 Å². The molecule has 2 amide bonds. The van der Waals surface area contributed by atoms with Crippen molar-refractivity contribution in [2.45, 2.75) is 51.4 Å². The Labute approximate surface area is 168 Å². The molecule has 0 fully saturated rings. The number of hydrogen-bond acceptors (Lipinski definition) is 5. The van der Waals surface area contributed by atoms with Crippen LogP contribution < -0.4 is 16.4 Å². The number of carbonyl (C=O) groups is 3. The van der Waals surface area contributed by atoms with Crippen molar-refractivity contribution in [1.29, 1.82) is 0 Å². The van der Waals surface area contributed by atoms with E-state index in [2.05, 4.69) is 15.6 Å². The highest BCUT2D eigenvalue weighted by molar-refractivity contribution is 5.92. The van der Waals surface area contributed by atoms with Gasteiger partial charge in [-0.2, -0.15) is 0 Å². The maximum Gasteiger partial charge on any atom is 0.326 e. The predicted molar refractivity (Wildman–Crippen MR) is 108 cm³/mol. The molecule has 9 heteroatoms. The Balaban J connectivity index is 2.14. The second kappa shape index (κ2) is 9.53. The highest BCUT2D eigenvalue weighted by Gasteiger charge is 2.31. The summed E-state index contributed by atoms with van der Waals surface area (Å²) in [7, 11) is 0. The lowest BCUT2D eigenvalue weighted by atomic mass is 10.0. The van der Waals surface area contributed by atoms with Gasteiger partial charge in [0.2, 0.25) is 11.8 Å². The van der Waals surface area contributed by atoms with Crippen LogP contribution in [0.2, 0.25) is 0 Å². The maximum absolute atomic E-state index is 12.7. The number of aliphatic hydroxyl groups is 1. The number of amides is 2. The van der Waals surface area contributed by atoms with E-state index in [1.165, 1.54) is 6.92 Å². The van der Waals surface area contributed by atoms with Gasteiger partial charge in [0.15, 0.2) is 0 Å². The summed E-state index contributed by atoms with van der Waals surface area (Å²) < 4.78 is 0. The Hall–Kier alpha value is -2.91. The molecule has 2 rings (SSSR count). The van der Waals surface area contributed by atoms with E-state index in [0.717, 1.165) is 16.5 Å². The zero-order chi connectivity index (χ0) is 21.7. The lowest BCUT2D eigenvalue weighted by Crippen LogP contribution is -2.58. The summed E-state index contributed by atoms with van der Waals surface area (Å²) in [5.74, 6) is -2.81. The molecule has 0 aliphatic rings. The SMILES string of the molecule is CC(C)C(NC(=O)C(N)C(C)O)C(=O)NC(Cc1c[nH]c2ccccc12)C(=O)O. The molecule has 0 saturated carbocycles. The second-order valence-electron chi connectivity index (χ2n) is 7.46. The van der Waals surface area contributed by atoms with Crippen molar-refractivity contribution < 1.29 is 24.6 Å². The van der Waals surface area contributed by atoms with Crippen molar-refractivity contribution >= 4 is 28.7 Å². The van der Waals surface area contributed by atoms with Crippen LogP contribution in [0.4, 0.5) is 0 Å². The van der Waals surface area contributed by atoms with E-state index in [1.807, 2.05) is 24.3 Å². The van der Waals surface area contributed by atoms with Crippen LogP contribution in [0, 0.1) is 5.92 Å². The summed E-state index contributed by atoms with van der Waals surface area (Å²) in [4.78, 5) is 39.7. The predicted octanol–water partition coefficient (Wildman–Crippen LogP) is 0.129. The number of carboxylic acid groups (broad SMARTS) is 1. The van der Waals surface area contributed by atoms with Crippen molar-refractivity contribution in [3.63, 3.8) is 0 Å². The fourth-order valence-corrected chi connectivity index (χ4v) is 2.99. The lowest BCUT2D eigenvalue weighted by molar-refractivity contribution is -0.142. The Morgan fingerprint density at radius 2 is 1.76 bits per heavy atom. The van der Waals surface area contributed by atoms with Gasteiger partial charge in [0.25, 0.3) is 0 Å². The van der Waals surface area contributed by atoms with Crippen LogP contribution in [-0.4, -0.2) is 57.2 Å². The van der Waals surface area contributed by atoms with E-state index < -0.39 is 42.0 Å². The number of para-hydroxylation sites is 1. The molecule has 29 heavy (non-hydrogen) atoms. The first-order valence-electron chi connectivity index (χ1n) is 9.44. The highest BCUT2D eigenvalue weighted by Crippen LogP contribution is 2.19. The lowest BCUT2D eigenvalue weighted by Gasteiger charge is -2.26. The fourth-order valence-electron chi connectivity index (χ4n) is 2.99. The van der Waals surface area contributed by atoms with Crippen molar-refractivity contribution in [3.05, 3.63) is 36.0 Å². The number of aliphatic hydroxyl groups excluding tert-OH is 1. The average Bonchev–Trinajstić information content (AvgIpc) is 3.07. The molecule has 7 N–H and O–H groups in total. The van der Waals surface area contributed by atoms with E-state index >= 15 is 0 Å². The van der Waals surface area contributed by atoms with Crippen LogP contribution in [-0.2, 0) is 20.8 Å². The molecule has 4 atom stereocenters. The van der Waals surface area contributed by atoms with E-state index in [9.17, 15) is 24.6 Å². The van der Waals surface area contributed by atoms with Gasteiger partial charge < -0.3 is 31.6 Å². The van der Waals surface area contributed by atoms with E-state index in [4.69, 9.17) is 5.73 Å². The monoisotopic (exact) mass is 404 g/mol. The number of carbonyl (C=O) groups excluding carboxylic acids is 2. The molecule has 158 valence electrons. The van der Waals surface area contributed by atoms with Crippen LogP contribution in [0.25, 0.3) is 10.9 Å². The number of hydrogen-bond donors (Lipinski definition) is 6. The number of rotatable bonds is 9. The molecule has 0 aliphatic carbocycles. The van der Waals surface area contributed by atoms with E-state index in [-0.39, 0.29) is 12.3 Å². The summed E-state index contributed by atoms with van der Waals surface area (Å²) in [5, 5.41) is 24.9. The van der Waals surface area contributed by atoms with Crippen LogP contribution in [0.1, 0.15) is 26.3 Å². The Morgan fingerprint density at radius 1 is 1.10 bits per heavy atom. The smallest absolute Gasteiger partial charge is 0.326 e. The molecular weight excluding hydrogens is 376 g/mol. The van der Waals surface area contributed by atoms with Gasteiger partial charge in [-0.05, 0) is 24.5 Å². The standard InChI is InChI=1S/C20H28N4O5/c1-10(2)17(24-18(26)16(21)11(3)25)19(27)23-15(20(28)29)8-12-9-22-14-7-5-4-6-13(12)14/h4-7,9-11,15-17,22,25H,8,21H2,1-3H3,(H,23,27)(H,24,26)(H,28,29). The molecule has 0 radical (unpaired) electrons. The molecule has 9 nitrogen and oxygen atoms in total. The second-order valence-corrected chi connectivity index (χ2v) is 7.46. The quantitative estimate of drug-likeness (QED) is 0.349. The van der Waals surface area contributed by atoms with Gasteiger partial charge in [-0.1, -0.05) is 32.0 Å². The van der Waals surface area contributed by atoms with Gasteiger partial charge in [-0.15, -0.1) is 0 Å². The molecule has 1 heterocycles. The zero-order valence-electron chi connectivity index (χ0n) is 16.7. The minimum absolute atomic E-state index is 0.0804. The summed E-state index contributed by atoms with van der Waals surface area (Å²) in [6.07, 6.45) is 0.715. The largest absolute Gasteiger partial charge is 0.480 e. The molecular formula is C20H28N4O5. The number of benzene rings is 1. The number of nitrogens with one attached hydrogen (secondary N) is 3. The highest BCUT2D eigenvalue weighted by atomic mass is 16.4. The fraction of sp³-hybridized carbons (Fsp3) is 0.450. The van der Waals surface area contributed by atoms with E-state index in [1.54, 1.807) is 20.0 Å². The van der Waals surface area contributed by atoms with Gasteiger partial charge >= 0.3 is 5.97 Å². The molecule has 1 aromatic heterocycles. The van der Waals surface area contributed by atoms with Crippen molar-refractivity contribution in [1.82, 2.24) is 15.6 Å². The number of carboxylic acids is 1. The molecule has 0 aliphatic heterocycles. The average molecular weight is 404 g/mol. The van der Waals surface area contributed by atoms with Crippen molar-refractivity contribution in [2.24, 2.45) is 11.7 Å². The third-order valence-electron chi connectivity index (χ3n) is 4.78. The number of fused-ring (bicyclic) bond motifs is 1. The maximum atomic E-state index is 12.7. The first kappa shape index (κ1) is 22.4. The van der Waals surface area contributed by atoms with Gasteiger partial charge in [0, 0.05) is 23.5 Å². The van der Waals surface area contributed by atoms with Crippen LogP contribution in [0.15, 0.2) is 30.5 Å². The van der Waals surface area contributed by atoms with Gasteiger partial charge in [-0.25, -0.2) is 4.79 Å². The molecule has 0 saturated heterocycles. The number of aromatic amines is 1. The van der Waals surface area contributed by atoms with Gasteiger partial charge in [0.05, 0.1) is 6.10 Å². The Bertz CT molecular complexity index is 877. The van der Waals surface area contributed by atoms with Crippen LogP contribution >= 0.6 is 0 Å². The zero-order valence-corrected chi connectivity index (χ0v) is 16.7. The first-order chi connectivity index (χ1) is 13.6. The Kier molecular flexibility index (Phi) is 7.35. The number of aromatic nitrogens is 1. The number of H-pyrrole nitrogens is 1. The Morgan fingerprint density at radius 3 is 2.34 bits per heavy atom. The minimum atomic E-state index is -1.19. The normalized spacial score (nSPS) is 15.5. The molecule has 0 spiro atoms. The third kappa shape index (κ3) is 5.55. The molecule has 2 aromatic rings. The summed E-state index contributed by atoms with van der Waals surface area (Å²) in [5.41, 5.74) is 7.24. The molecule has 1 aromatic carbocycles. The number of nitrogens with two attached hydrogens (primary N) is 1. The number of aliphatic carboxylic acids is 1. The van der Waals surface area contributed by atoms with Crippen LogP contribution in [0.5, 0.6) is 0 Å². The van der Waals surface area contributed by atoms with Gasteiger partial charge in [-0.3, -0.25) is 9.59 Å². The third-order valence-corrected chi connectivity index (χ3v) is 4.78. The first-order valence-corrected chi connectivity index (χ1v) is 9.44. The van der Waals surface area contributed by atoms with Gasteiger partial charge in [0.1, 0.15) is 18.1 Å². The van der Waals surface area contributed by atoms with Crippen LogP contribution in [0.3, 0.4) is 0 Å². The summed E-state index contributed by atoms with van der Waals surface area (Å²) in [6, 6.07) is 4.11. The molecule has 4 unspecified atom stereocenters. The molecule has 0 bridgehead atoms. The van der Waals surface area contributed by atoms with E-state index in [0.29, 0.717) is 0 Å². The van der Waals surface area contributed by atoms with Crippen molar-refractivity contribution in [2.75, 3.05) is 0 Å². The minimum Gasteiger partial charge on any atom is -0.480 e. The summed E-state index contributed by atoms with van der Waals surface area (Å²) >= 11 is 0.